The standard InChI is InChI=1S/C14H9N3/c15-17-16-14-10-8-13(9-11-14)7-6-12-4-2-1-3-5-12/h1-5,8-11H. The number of rotatable bonds is 1. The van der Waals surface area contributed by atoms with Crippen molar-refractivity contribution >= 4 is 5.69 Å². The fourth-order valence-corrected chi connectivity index (χ4v) is 1.33. The molecule has 0 aliphatic rings. The summed E-state index contributed by atoms with van der Waals surface area (Å²) in [6, 6.07) is 16.9. The van der Waals surface area contributed by atoms with Crippen LogP contribution in [0.4, 0.5) is 5.69 Å². The molecule has 3 heteroatoms. The molecule has 17 heavy (non-hydrogen) atoms. The maximum atomic E-state index is 8.27. The Hall–Kier alpha value is -2.69. The van der Waals surface area contributed by atoms with Crippen LogP contribution in [0.25, 0.3) is 10.4 Å². The van der Waals surface area contributed by atoms with Crippen molar-refractivity contribution in [3.8, 4) is 11.8 Å². The van der Waals surface area contributed by atoms with Gasteiger partial charge in [-0.1, -0.05) is 47.3 Å². The highest BCUT2D eigenvalue weighted by atomic mass is 15.1. The van der Waals surface area contributed by atoms with E-state index in [4.69, 9.17) is 5.53 Å². The molecule has 0 bridgehead atoms. The molecule has 80 valence electrons. The fourth-order valence-electron chi connectivity index (χ4n) is 1.33. The van der Waals surface area contributed by atoms with Crippen LogP contribution < -0.4 is 0 Å². The van der Waals surface area contributed by atoms with Crippen LogP contribution in [0.5, 0.6) is 0 Å². The summed E-state index contributed by atoms with van der Waals surface area (Å²) in [6.07, 6.45) is 0. The Morgan fingerprint density at radius 2 is 1.41 bits per heavy atom. The molecule has 0 amide bonds. The van der Waals surface area contributed by atoms with Gasteiger partial charge in [-0.05, 0) is 29.8 Å². The third kappa shape index (κ3) is 3.13. The van der Waals surface area contributed by atoms with Crippen molar-refractivity contribution in [2.75, 3.05) is 0 Å². The molecular formula is C14H9N3. The van der Waals surface area contributed by atoms with Crippen molar-refractivity contribution in [2.24, 2.45) is 5.11 Å². The van der Waals surface area contributed by atoms with Gasteiger partial charge in [-0.15, -0.1) is 0 Å². The van der Waals surface area contributed by atoms with Gasteiger partial charge in [-0.2, -0.15) is 0 Å². The topological polar surface area (TPSA) is 48.8 Å². The van der Waals surface area contributed by atoms with Crippen molar-refractivity contribution in [2.45, 2.75) is 0 Å². The molecule has 0 aliphatic heterocycles. The molecule has 2 rings (SSSR count). The average Bonchev–Trinajstić information content (AvgIpc) is 2.40. The van der Waals surface area contributed by atoms with Crippen molar-refractivity contribution in [1.82, 2.24) is 0 Å². The van der Waals surface area contributed by atoms with Gasteiger partial charge in [0.2, 0.25) is 0 Å². The van der Waals surface area contributed by atoms with Crippen LogP contribution in [-0.2, 0) is 0 Å². The summed E-state index contributed by atoms with van der Waals surface area (Å²) in [4.78, 5) is 2.72. The van der Waals surface area contributed by atoms with Crippen LogP contribution in [0.15, 0.2) is 59.7 Å². The number of nitrogens with zero attached hydrogens (tertiary/aromatic N) is 3. The summed E-state index contributed by atoms with van der Waals surface area (Å²) < 4.78 is 0. The first-order valence-electron chi connectivity index (χ1n) is 5.11. The highest BCUT2D eigenvalue weighted by Crippen LogP contribution is 2.12. The van der Waals surface area contributed by atoms with E-state index in [1.54, 1.807) is 12.1 Å². The van der Waals surface area contributed by atoms with Crippen molar-refractivity contribution in [3.63, 3.8) is 0 Å². The van der Waals surface area contributed by atoms with E-state index >= 15 is 0 Å². The zero-order valence-corrected chi connectivity index (χ0v) is 9.04. The number of hydrogen-bond acceptors (Lipinski definition) is 1. The van der Waals surface area contributed by atoms with Gasteiger partial charge in [0.05, 0.1) is 0 Å². The van der Waals surface area contributed by atoms with Gasteiger partial charge in [0.15, 0.2) is 0 Å². The second kappa shape index (κ2) is 5.41. The summed E-state index contributed by atoms with van der Waals surface area (Å²) in [7, 11) is 0. The van der Waals surface area contributed by atoms with Crippen molar-refractivity contribution in [3.05, 3.63) is 76.2 Å². The number of hydrogen-bond donors (Lipinski definition) is 0. The van der Waals surface area contributed by atoms with Crippen LogP contribution in [-0.4, -0.2) is 0 Å². The Bertz CT molecular complexity index is 597. The van der Waals surface area contributed by atoms with E-state index in [-0.39, 0.29) is 0 Å². The van der Waals surface area contributed by atoms with E-state index < -0.39 is 0 Å². The molecular weight excluding hydrogens is 210 g/mol. The predicted octanol–water partition coefficient (Wildman–Crippen LogP) is 4.03. The molecule has 0 saturated heterocycles. The minimum atomic E-state index is 0.595. The zero-order valence-electron chi connectivity index (χ0n) is 9.04. The smallest absolute Gasteiger partial charge is 0.0376 e. The summed E-state index contributed by atoms with van der Waals surface area (Å²) in [5.41, 5.74) is 10.7. The Kier molecular flexibility index (Phi) is 3.44. The van der Waals surface area contributed by atoms with Crippen LogP contribution in [0.1, 0.15) is 11.1 Å². The average molecular weight is 219 g/mol. The molecule has 2 aromatic carbocycles. The maximum Gasteiger partial charge on any atom is 0.0376 e. The largest absolute Gasteiger partial charge is 0.0622 e. The lowest BCUT2D eigenvalue weighted by Gasteiger charge is -1.91. The van der Waals surface area contributed by atoms with Crippen LogP contribution in [0.2, 0.25) is 0 Å². The van der Waals surface area contributed by atoms with Gasteiger partial charge in [-0.25, -0.2) is 0 Å². The molecule has 0 radical (unpaired) electrons. The van der Waals surface area contributed by atoms with E-state index in [9.17, 15) is 0 Å². The van der Waals surface area contributed by atoms with E-state index in [2.05, 4.69) is 21.9 Å². The van der Waals surface area contributed by atoms with E-state index in [0.29, 0.717) is 5.69 Å². The van der Waals surface area contributed by atoms with Gasteiger partial charge in [0, 0.05) is 21.7 Å². The summed E-state index contributed by atoms with van der Waals surface area (Å²) in [6.45, 7) is 0. The summed E-state index contributed by atoms with van der Waals surface area (Å²) in [5.74, 6) is 6.10. The second-order valence-electron chi connectivity index (χ2n) is 3.35. The maximum absolute atomic E-state index is 8.27. The first kappa shape index (κ1) is 10.8. The van der Waals surface area contributed by atoms with Crippen LogP contribution in [0, 0.1) is 11.8 Å². The van der Waals surface area contributed by atoms with Gasteiger partial charge in [0.1, 0.15) is 0 Å². The molecule has 0 fully saturated rings. The monoisotopic (exact) mass is 219 g/mol. The molecule has 0 atom stereocenters. The third-order valence-corrected chi connectivity index (χ3v) is 2.15. The lowest BCUT2D eigenvalue weighted by atomic mass is 10.2. The normalized spacial score (nSPS) is 8.71. The number of benzene rings is 2. The quantitative estimate of drug-likeness (QED) is 0.301. The minimum absolute atomic E-state index is 0.595. The zero-order chi connectivity index (χ0) is 11.9. The lowest BCUT2D eigenvalue weighted by molar-refractivity contribution is 1.47. The molecule has 0 spiro atoms. The first-order valence-corrected chi connectivity index (χ1v) is 5.11. The molecule has 0 unspecified atom stereocenters. The van der Waals surface area contributed by atoms with Crippen molar-refractivity contribution in [1.29, 1.82) is 0 Å². The Labute approximate surface area is 99.4 Å². The van der Waals surface area contributed by atoms with Crippen molar-refractivity contribution < 1.29 is 0 Å². The van der Waals surface area contributed by atoms with Gasteiger partial charge < -0.3 is 0 Å². The minimum Gasteiger partial charge on any atom is -0.0622 e. The Balaban J connectivity index is 2.20. The van der Waals surface area contributed by atoms with Gasteiger partial charge >= 0.3 is 0 Å². The fraction of sp³-hybridized carbons (Fsp3) is 0. The van der Waals surface area contributed by atoms with E-state index in [0.717, 1.165) is 11.1 Å². The lowest BCUT2D eigenvalue weighted by Crippen LogP contribution is -1.74. The van der Waals surface area contributed by atoms with E-state index in [1.807, 2.05) is 42.5 Å². The highest BCUT2D eigenvalue weighted by molar-refractivity contribution is 5.47. The highest BCUT2D eigenvalue weighted by Gasteiger charge is 1.88. The first-order chi connectivity index (χ1) is 8.38. The molecule has 0 aliphatic carbocycles. The second-order valence-corrected chi connectivity index (χ2v) is 3.35. The Morgan fingerprint density at radius 1 is 0.824 bits per heavy atom. The van der Waals surface area contributed by atoms with Gasteiger partial charge in [0.25, 0.3) is 0 Å². The Morgan fingerprint density at radius 3 is 2.00 bits per heavy atom. The van der Waals surface area contributed by atoms with E-state index in [1.165, 1.54) is 0 Å². The van der Waals surface area contributed by atoms with Crippen LogP contribution in [0.3, 0.4) is 0 Å². The molecule has 0 N–H and O–H groups in total. The molecule has 3 nitrogen and oxygen atoms in total. The molecule has 0 saturated carbocycles. The molecule has 0 heterocycles. The summed E-state index contributed by atoms with van der Waals surface area (Å²) >= 11 is 0. The predicted molar refractivity (Wildman–Crippen MR) is 67.7 cm³/mol. The summed E-state index contributed by atoms with van der Waals surface area (Å²) in [5, 5.41) is 3.50. The van der Waals surface area contributed by atoms with Gasteiger partial charge in [-0.3, -0.25) is 0 Å². The number of azide groups is 1. The molecule has 2 aromatic rings. The van der Waals surface area contributed by atoms with Crippen LogP contribution >= 0.6 is 0 Å². The molecule has 0 aromatic heterocycles. The third-order valence-electron chi connectivity index (χ3n) is 2.15. The SMILES string of the molecule is [N-]=[N+]=Nc1ccc(C#Cc2ccccc2)cc1.